The molecule has 2 heterocycles. The van der Waals surface area contributed by atoms with Crippen molar-refractivity contribution in [2.45, 2.75) is 24.7 Å². The van der Waals surface area contributed by atoms with Crippen molar-refractivity contribution in [2.24, 2.45) is 0 Å². The van der Waals surface area contributed by atoms with Gasteiger partial charge in [0.1, 0.15) is 0 Å². The first kappa shape index (κ1) is 20.6. The van der Waals surface area contributed by atoms with Crippen LogP contribution in [0.5, 0.6) is 0 Å². The van der Waals surface area contributed by atoms with Gasteiger partial charge in [0.25, 0.3) is 10.0 Å². The van der Waals surface area contributed by atoms with Gasteiger partial charge >= 0.3 is 0 Å². The highest BCUT2D eigenvalue weighted by Crippen LogP contribution is 2.17. The zero-order valence-electron chi connectivity index (χ0n) is 15.5. The van der Waals surface area contributed by atoms with Crippen molar-refractivity contribution in [3.63, 3.8) is 0 Å². The van der Waals surface area contributed by atoms with Crippen molar-refractivity contribution < 1.29 is 18.0 Å². The van der Waals surface area contributed by atoms with Crippen molar-refractivity contribution in [1.29, 1.82) is 0 Å². The molecule has 2 aromatic heterocycles. The van der Waals surface area contributed by atoms with Crippen LogP contribution in [0.3, 0.4) is 0 Å². The zero-order chi connectivity index (χ0) is 20.9. The Morgan fingerprint density at radius 3 is 2.48 bits per heavy atom. The van der Waals surface area contributed by atoms with E-state index in [-0.39, 0.29) is 35.4 Å². The van der Waals surface area contributed by atoms with E-state index in [1.807, 2.05) is 5.38 Å². The summed E-state index contributed by atoms with van der Waals surface area (Å²) < 4.78 is 27.2. The number of benzene rings is 1. The largest absolute Gasteiger partial charge is 0.326 e. The van der Waals surface area contributed by atoms with Crippen LogP contribution < -0.4 is 10.0 Å². The maximum absolute atomic E-state index is 12.4. The molecule has 3 rings (SSSR count). The normalized spacial score (nSPS) is 11.1. The van der Waals surface area contributed by atoms with Gasteiger partial charge in [0.15, 0.2) is 5.78 Å². The Bertz CT molecular complexity index is 1110. The van der Waals surface area contributed by atoms with E-state index in [4.69, 9.17) is 0 Å². The van der Waals surface area contributed by atoms with Gasteiger partial charge in [-0.05, 0) is 48.7 Å². The molecule has 0 fully saturated rings. The SMILES string of the molecule is Cc1ccnc(NS(=O)(=O)c2ccc(NC(=O)CCC(=O)c3cccs3)cc2)n1. The second-order valence-corrected chi connectivity index (χ2v) is 8.73. The third-order valence-corrected chi connectivity index (χ3v) is 6.10. The molecule has 0 bridgehead atoms. The summed E-state index contributed by atoms with van der Waals surface area (Å²) in [5.74, 6) is -0.421. The molecule has 1 aromatic carbocycles. The lowest BCUT2D eigenvalue weighted by molar-refractivity contribution is -0.116. The Morgan fingerprint density at radius 2 is 1.83 bits per heavy atom. The first-order valence-electron chi connectivity index (χ1n) is 8.62. The van der Waals surface area contributed by atoms with Crippen molar-refractivity contribution >= 4 is 44.7 Å². The monoisotopic (exact) mass is 430 g/mol. The highest BCUT2D eigenvalue weighted by Gasteiger charge is 2.16. The predicted octanol–water partition coefficient (Wildman–Crippen LogP) is 3.25. The Labute approximate surface area is 172 Å². The quantitative estimate of drug-likeness (QED) is 0.530. The van der Waals surface area contributed by atoms with Gasteiger partial charge in [0, 0.05) is 30.4 Å². The minimum Gasteiger partial charge on any atom is -0.326 e. The molecule has 0 spiro atoms. The molecule has 0 aliphatic rings. The third-order valence-electron chi connectivity index (χ3n) is 3.84. The summed E-state index contributed by atoms with van der Waals surface area (Å²) in [7, 11) is -3.85. The van der Waals surface area contributed by atoms with Gasteiger partial charge in [0.2, 0.25) is 11.9 Å². The van der Waals surface area contributed by atoms with Gasteiger partial charge in [-0.25, -0.2) is 23.1 Å². The molecule has 0 aliphatic carbocycles. The van der Waals surface area contributed by atoms with E-state index < -0.39 is 10.0 Å². The number of carbonyl (C=O) groups is 2. The zero-order valence-corrected chi connectivity index (χ0v) is 17.1. The number of anilines is 2. The number of hydrogen-bond acceptors (Lipinski definition) is 7. The van der Waals surface area contributed by atoms with Crippen LogP contribution in [0.1, 0.15) is 28.2 Å². The molecular formula is C19H18N4O4S2. The molecule has 0 aliphatic heterocycles. The van der Waals surface area contributed by atoms with Gasteiger partial charge < -0.3 is 5.32 Å². The molecule has 3 aromatic rings. The lowest BCUT2D eigenvalue weighted by Gasteiger charge is -2.09. The summed E-state index contributed by atoms with van der Waals surface area (Å²) in [5.41, 5.74) is 1.07. The fourth-order valence-corrected chi connectivity index (χ4v) is 4.05. The molecule has 0 saturated heterocycles. The van der Waals surface area contributed by atoms with Crippen molar-refractivity contribution in [2.75, 3.05) is 10.0 Å². The summed E-state index contributed by atoms with van der Waals surface area (Å²) in [6, 6.07) is 10.8. The lowest BCUT2D eigenvalue weighted by atomic mass is 10.2. The number of amides is 1. The third kappa shape index (κ3) is 5.69. The van der Waals surface area contributed by atoms with Crippen LogP contribution in [0, 0.1) is 6.92 Å². The predicted molar refractivity (Wildman–Crippen MR) is 111 cm³/mol. The van der Waals surface area contributed by atoms with Crippen LogP contribution >= 0.6 is 11.3 Å². The number of thiophene rings is 1. The fourth-order valence-electron chi connectivity index (χ4n) is 2.41. The number of nitrogens with one attached hydrogen (secondary N) is 2. The van der Waals surface area contributed by atoms with E-state index in [2.05, 4.69) is 20.0 Å². The fraction of sp³-hybridized carbons (Fsp3) is 0.158. The lowest BCUT2D eigenvalue weighted by Crippen LogP contribution is -2.16. The molecule has 29 heavy (non-hydrogen) atoms. The number of aryl methyl sites for hydroxylation is 1. The molecule has 0 unspecified atom stereocenters. The van der Waals surface area contributed by atoms with Crippen LogP contribution in [-0.4, -0.2) is 30.1 Å². The van der Waals surface area contributed by atoms with Gasteiger partial charge in [-0.15, -0.1) is 11.3 Å². The maximum Gasteiger partial charge on any atom is 0.264 e. The number of sulfonamides is 1. The number of hydrogen-bond donors (Lipinski definition) is 2. The van der Waals surface area contributed by atoms with Crippen LogP contribution in [-0.2, 0) is 14.8 Å². The summed E-state index contributed by atoms with van der Waals surface area (Å²) in [6.45, 7) is 1.73. The van der Waals surface area contributed by atoms with Crippen LogP contribution in [0.15, 0.2) is 58.9 Å². The Kier molecular flexibility index (Phi) is 6.35. The smallest absolute Gasteiger partial charge is 0.264 e. The molecule has 10 heteroatoms. The van der Waals surface area contributed by atoms with E-state index in [1.54, 1.807) is 25.1 Å². The molecule has 8 nitrogen and oxygen atoms in total. The van der Waals surface area contributed by atoms with Gasteiger partial charge in [0.05, 0.1) is 9.77 Å². The minimum absolute atomic E-state index is 0.00785. The minimum atomic E-state index is -3.85. The number of carbonyl (C=O) groups excluding carboxylic acids is 2. The summed E-state index contributed by atoms with van der Waals surface area (Å²) in [5, 5.41) is 4.46. The average Bonchev–Trinajstić information content (AvgIpc) is 3.21. The van der Waals surface area contributed by atoms with Crippen molar-refractivity contribution in [3.8, 4) is 0 Å². The van der Waals surface area contributed by atoms with Crippen LogP contribution in [0.25, 0.3) is 0 Å². The number of nitrogens with zero attached hydrogens (tertiary/aromatic N) is 2. The highest BCUT2D eigenvalue weighted by atomic mass is 32.2. The van der Waals surface area contributed by atoms with E-state index >= 15 is 0 Å². The van der Waals surface area contributed by atoms with Crippen LogP contribution in [0.4, 0.5) is 11.6 Å². The standard InChI is InChI=1S/C19H18N4O4S2/c1-13-10-11-20-19(21-13)23-29(26,27)15-6-4-14(5-7-15)22-18(25)9-8-16(24)17-3-2-12-28-17/h2-7,10-12H,8-9H2,1H3,(H,22,25)(H,20,21,23). The first-order valence-corrected chi connectivity index (χ1v) is 11.0. The van der Waals surface area contributed by atoms with Gasteiger partial charge in [-0.1, -0.05) is 6.07 Å². The highest BCUT2D eigenvalue weighted by molar-refractivity contribution is 7.92. The number of rotatable bonds is 8. The van der Waals surface area contributed by atoms with Crippen molar-refractivity contribution in [3.05, 3.63) is 64.6 Å². The second-order valence-electron chi connectivity index (χ2n) is 6.10. The van der Waals surface area contributed by atoms with Crippen molar-refractivity contribution in [1.82, 2.24) is 9.97 Å². The Balaban J connectivity index is 1.57. The van der Waals surface area contributed by atoms with Crippen LogP contribution in [0.2, 0.25) is 0 Å². The molecule has 0 saturated carbocycles. The summed E-state index contributed by atoms with van der Waals surface area (Å²) in [4.78, 5) is 32.5. The maximum atomic E-state index is 12.4. The van der Waals surface area contributed by atoms with E-state index in [1.165, 1.54) is 41.8 Å². The van der Waals surface area contributed by atoms with Gasteiger partial charge in [-0.3, -0.25) is 9.59 Å². The van der Waals surface area contributed by atoms with E-state index in [9.17, 15) is 18.0 Å². The first-order chi connectivity index (χ1) is 13.8. The molecule has 2 N–H and O–H groups in total. The average molecular weight is 431 g/mol. The summed E-state index contributed by atoms with van der Waals surface area (Å²) >= 11 is 1.34. The Morgan fingerprint density at radius 1 is 1.07 bits per heavy atom. The molecular weight excluding hydrogens is 412 g/mol. The number of ketones is 1. The number of Topliss-reactive ketones (excluding diaryl/α,β-unsaturated/α-hetero) is 1. The summed E-state index contributed by atoms with van der Waals surface area (Å²) in [6.07, 6.45) is 1.62. The van der Waals surface area contributed by atoms with E-state index in [0.29, 0.717) is 16.3 Å². The second kappa shape index (κ2) is 8.93. The molecule has 1 amide bonds. The Hall–Kier alpha value is -3.11. The number of aromatic nitrogens is 2. The molecule has 0 radical (unpaired) electrons. The van der Waals surface area contributed by atoms with Gasteiger partial charge in [-0.2, -0.15) is 0 Å². The molecule has 0 atom stereocenters. The molecule has 150 valence electrons. The van der Waals surface area contributed by atoms with E-state index in [0.717, 1.165) is 0 Å². The topological polar surface area (TPSA) is 118 Å².